The van der Waals surface area contributed by atoms with Crippen LogP contribution in [0.5, 0.6) is 0 Å². The van der Waals surface area contributed by atoms with Gasteiger partial charge in [0, 0.05) is 11.6 Å². The zero-order chi connectivity index (χ0) is 10.2. The summed E-state index contributed by atoms with van der Waals surface area (Å²) in [5.74, 6) is -1.27. The predicted octanol–water partition coefficient (Wildman–Crippen LogP) is 1.73. The van der Waals surface area contributed by atoms with Crippen LogP contribution < -0.4 is 0 Å². The molecule has 0 bridgehead atoms. The van der Waals surface area contributed by atoms with Crippen LogP contribution in [0.1, 0.15) is 24.8 Å². The summed E-state index contributed by atoms with van der Waals surface area (Å²) in [6.07, 6.45) is 4.14. The second kappa shape index (κ2) is 3.04. The number of nitrogens with zero attached hydrogens (tertiary/aromatic N) is 1. The summed E-state index contributed by atoms with van der Waals surface area (Å²) < 4.78 is 13.3. The highest BCUT2D eigenvalue weighted by molar-refractivity contribution is 5.70. The number of halogens is 1. The molecule has 1 saturated carbocycles. The number of carboxylic acids is 1. The van der Waals surface area contributed by atoms with Crippen molar-refractivity contribution < 1.29 is 14.3 Å². The van der Waals surface area contributed by atoms with E-state index in [1.807, 2.05) is 0 Å². The molecule has 1 fully saturated rings. The first-order valence-corrected chi connectivity index (χ1v) is 4.46. The van der Waals surface area contributed by atoms with Crippen molar-refractivity contribution in [3.63, 3.8) is 0 Å². The highest BCUT2D eigenvalue weighted by atomic mass is 19.1. The molecule has 0 atom stereocenters. The fraction of sp³-hybridized carbons (Fsp3) is 0.400. The first-order chi connectivity index (χ1) is 6.64. The van der Waals surface area contributed by atoms with Crippen molar-refractivity contribution >= 4 is 5.97 Å². The Bertz CT molecular complexity index is 374. The third-order valence-electron chi connectivity index (χ3n) is 2.69. The average molecular weight is 195 g/mol. The number of aliphatic carboxylic acids is 1. The molecule has 1 aliphatic carbocycles. The number of hydrogen-bond donors (Lipinski definition) is 1. The molecule has 1 aromatic heterocycles. The van der Waals surface area contributed by atoms with Gasteiger partial charge in [-0.05, 0) is 24.5 Å². The van der Waals surface area contributed by atoms with Gasteiger partial charge in [-0.15, -0.1) is 0 Å². The Kier molecular flexibility index (Phi) is 1.98. The molecule has 74 valence electrons. The molecule has 0 unspecified atom stereocenters. The minimum atomic E-state index is -0.876. The van der Waals surface area contributed by atoms with Gasteiger partial charge in [0.05, 0.1) is 12.6 Å². The van der Waals surface area contributed by atoms with Gasteiger partial charge in [0.15, 0.2) is 0 Å². The lowest BCUT2D eigenvalue weighted by atomic mass is 9.93. The monoisotopic (exact) mass is 195 g/mol. The van der Waals surface area contributed by atoms with Crippen molar-refractivity contribution in [2.45, 2.75) is 24.7 Å². The molecule has 0 spiro atoms. The molecule has 0 radical (unpaired) electrons. The highest BCUT2D eigenvalue weighted by Crippen LogP contribution is 2.51. The summed E-state index contributed by atoms with van der Waals surface area (Å²) in [4.78, 5) is 14.2. The van der Waals surface area contributed by atoms with Gasteiger partial charge in [-0.2, -0.15) is 0 Å². The summed E-state index contributed by atoms with van der Waals surface area (Å²) >= 11 is 0. The number of rotatable bonds is 3. The highest BCUT2D eigenvalue weighted by Gasteiger charge is 2.47. The van der Waals surface area contributed by atoms with E-state index in [9.17, 15) is 9.18 Å². The minimum absolute atomic E-state index is 0.00787. The molecule has 1 N–H and O–H groups in total. The normalized spacial score (nSPS) is 17.8. The smallest absolute Gasteiger partial charge is 0.304 e. The van der Waals surface area contributed by atoms with E-state index in [0.717, 1.165) is 19.0 Å². The fourth-order valence-electron chi connectivity index (χ4n) is 1.79. The van der Waals surface area contributed by atoms with Crippen LogP contribution in [0.15, 0.2) is 18.5 Å². The Morgan fingerprint density at radius 2 is 2.36 bits per heavy atom. The van der Waals surface area contributed by atoms with Crippen LogP contribution in [0.25, 0.3) is 0 Å². The largest absolute Gasteiger partial charge is 0.481 e. The maximum Gasteiger partial charge on any atom is 0.304 e. The minimum Gasteiger partial charge on any atom is -0.481 e. The average Bonchev–Trinajstić information content (AvgIpc) is 2.85. The lowest BCUT2D eigenvalue weighted by molar-refractivity contribution is -0.137. The summed E-state index contributed by atoms with van der Waals surface area (Å²) in [5.41, 5.74) is 0.0358. The molecule has 14 heavy (non-hydrogen) atoms. The van der Waals surface area contributed by atoms with Gasteiger partial charge < -0.3 is 5.11 Å². The van der Waals surface area contributed by atoms with Gasteiger partial charge >= 0.3 is 5.97 Å². The zero-order valence-electron chi connectivity index (χ0n) is 7.53. The third kappa shape index (κ3) is 1.47. The molecule has 4 heteroatoms. The molecule has 3 nitrogen and oxygen atoms in total. The number of carbonyl (C=O) groups is 1. The van der Waals surface area contributed by atoms with E-state index in [2.05, 4.69) is 4.98 Å². The third-order valence-corrected chi connectivity index (χ3v) is 2.69. The summed E-state index contributed by atoms with van der Waals surface area (Å²) in [6.45, 7) is 0. The fourth-order valence-corrected chi connectivity index (χ4v) is 1.79. The van der Waals surface area contributed by atoms with E-state index >= 15 is 0 Å². The molecule has 1 heterocycles. The Hall–Kier alpha value is -1.45. The van der Waals surface area contributed by atoms with Gasteiger partial charge in [-0.25, -0.2) is 4.39 Å². The molecule has 0 aromatic carbocycles. The van der Waals surface area contributed by atoms with Crippen LogP contribution >= 0.6 is 0 Å². The first kappa shape index (κ1) is 9.12. The van der Waals surface area contributed by atoms with Crippen LogP contribution in [0, 0.1) is 5.82 Å². The first-order valence-electron chi connectivity index (χ1n) is 4.46. The second-order valence-electron chi connectivity index (χ2n) is 3.71. The Balaban J connectivity index is 2.31. The van der Waals surface area contributed by atoms with Crippen molar-refractivity contribution in [3.05, 3.63) is 29.8 Å². The Morgan fingerprint density at radius 3 is 2.86 bits per heavy atom. The molecule has 1 aromatic rings. The Labute approximate surface area is 80.6 Å². The zero-order valence-corrected chi connectivity index (χ0v) is 7.53. The summed E-state index contributed by atoms with van der Waals surface area (Å²) in [7, 11) is 0. The van der Waals surface area contributed by atoms with Crippen LogP contribution in [0.4, 0.5) is 4.39 Å². The molecular formula is C10H10FNO2. The van der Waals surface area contributed by atoms with Gasteiger partial charge in [-0.3, -0.25) is 9.78 Å². The van der Waals surface area contributed by atoms with Gasteiger partial charge in [0.25, 0.3) is 0 Å². The lowest BCUT2D eigenvalue weighted by Crippen LogP contribution is -2.14. The van der Waals surface area contributed by atoms with Gasteiger partial charge in [-0.1, -0.05) is 0 Å². The van der Waals surface area contributed by atoms with E-state index in [-0.39, 0.29) is 6.42 Å². The Morgan fingerprint density at radius 1 is 1.64 bits per heavy atom. The molecule has 0 amide bonds. The van der Waals surface area contributed by atoms with Crippen LogP contribution in [-0.4, -0.2) is 16.1 Å². The van der Waals surface area contributed by atoms with Crippen molar-refractivity contribution in [3.8, 4) is 0 Å². The molecule has 0 aliphatic heterocycles. The number of carboxylic acid groups (broad SMARTS) is 1. The molecule has 0 saturated heterocycles. The van der Waals surface area contributed by atoms with E-state index in [4.69, 9.17) is 5.11 Å². The lowest BCUT2D eigenvalue weighted by Gasteiger charge is -2.12. The number of hydrogen-bond acceptors (Lipinski definition) is 2. The summed E-state index contributed by atoms with van der Waals surface area (Å²) in [5, 5.41) is 8.70. The molecule has 1 aliphatic rings. The maximum absolute atomic E-state index is 13.3. The van der Waals surface area contributed by atoms with Crippen LogP contribution in [0.2, 0.25) is 0 Å². The van der Waals surface area contributed by atoms with Crippen molar-refractivity contribution in [2.24, 2.45) is 0 Å². The van der Waals surface area contributed by atoms with Crippen LogP contribution in [0.3, 0.4) is 0 Å². The van der Waals surface area contributed by atoms with Crippen molar-refractivity contribution in [1.82, 2.24) is 4.98 Å². The molecular weight excluding hydrogens is 185 g/mol. The summed E-state index contributed by atoms with van der Waals surface area (Å²) in [6, 6.07) is 1.57. The van der Waals surface area contributed by atoms with Gasteiger partial charge in [0.1, 0.15) is 5.82 Å². The van der Waals surface area contributed by atoms with E-state index < -0.39 is 17.2 Å². The number of pyridine rings is 1. The van der Waals surface area contributed by atoms with Crippen LogP contribution in [-0.2, 0) is 10.2 Å². The van der Waals surface area contributed by atoms with E-state index in [1.165, 1.54) is 6.20 Å². The predicted molar refractivity (Wildman–Crippen MR) is 47.4 cm³/mol. The van der Waals surface area contributed by atoms with Gasteiger partial charge in [0.2, 0.25) is 0 Å². The maximum atomic E-state index is 13.3. The quantitative estimate of drug-likeness (QED) is 0.799. The molecule has 2 rings (SSSR count). The SMILES string of the molecule is O=C(O)CC1(c2ccncc2F)CC1. The van der Waals surface area contributed by atoms with E-state index in [1.54, 1.807) is 6.07 Å². The van der Waals surface area contributed by atoms with Crippen molar-refractivity contribution in [1.29, 1.82) is 0 Å². The number of aromatic nitrogens is 1. The van der Waals surface area contributed by atoms with E-state index in [0.29, 0.717) is 5.56 Å². The standard InChI is InChI=1S/C10H10FNO2/c11-8-6-12-4-1-7(8)10(2-3-10)5-9(13)14/h1,4,6H,2-3,5H2,(H,13,14). The second-order valence-corrected chi connectivity index (χ2v) is 3.71. The topological polar surface area (TPSA) is 50.2 Å². The van der Waals surface area contributed by atoms with Crippen molar-refractivity contribution in [2.75, 3.05) is 0 Å².